The molecule has 1 N–H and O–H groups in total. The number of anilines is 2. The van der Waals surface area contributed by atoms with Crippen LogP contribution in [0, 0.1) is 0 Å². The Hall–Kier alpha value is -2.05. The summed E-state index contributed by atoms with van der Waals surface area (Å²) in [6.07, 6.45) is 5.53. The summed E-state index contributed by atoms with van der Waals surface area (Å²) >= 11 is 0. The van der Waals surface area contributed by atoms with E-state index >= 15 is 0 Å². The van der Waals surface area contributed by atoms with Crippen LogP contribution in [0.15, 0.2) is 36.0 Å². The van der Waals surface area contributed by atoms with E-state index in [-0.39, 0.29) is 5.91 Å². The minimum Gasteiger partial charge on any atom is -0.378 e. The van der Waals surface area contributed by atoms with Crippen LogP contribution in [-0.2, 0) is 9.53 Å². The molecule has 140 valence electrons. The van der Waals surface area contributed by atoms with Gasteiger partial charge in [0.15, 0.2) is 0 Å². The first-order chi connectivity index (χ1) is 12.7. The van der Waals surface area contributed by atoms with Crippen molar-refractivity contribution in [3.63, 3.8) is 0 Å². The zero-order valence-corrected chi connectivity index (χ0v) is 15.1. The number of morpholine rings is 1. The fraction of sp³-hybridized carbons (Fsp3) is 0.550. The van der Waals surface area contributed by atoms with Gasteiger partial charge in [0.2, 0.25) is 0 Å². The Morgan fingerprint density at radius 1 is 0.962 bits per heavy atom. The molecule has 0 saturated carbocycles. The average molecular weight is 357 g/mol. The molecule has 2 fully saturated rings. The topological polar surface area (TPSA) is 56.2 Å². The van der Waals surface area contributed by atoms with Gasteiger partial charge < -0.3 is 24.5 Å². The summed E-state index contributed by atoms with van der Waals surface area (Å²) in [7, 11) is 0. The maximum atomic E-state index is 13.0. The fourth-order valence-corrected chi connectivity index (χ4v) is 4.01. The van der Waals surface area contributed by atoms with Crippen molar-refractivity contribution in [1.29, 1.82) is 0 Å². The number of benzene rings is 1. The van der Waals surface area contributed by atoms with Gasteiger partial charge in [0.05, 0.1) is 18.9 Å². The molecule has 0 bridgehead atoms. The molecule has 0 aromatic heterocycles. The van der Waals surface area contributed by atoms with Gasteiger partial charge in [0.25, 0.3) is 5.91 Å². The summed E-state index contributed by atoms with van der Waals surface area (Å²) in [5.74, 6) is 0.0731. The van der Waals surface area contributed by atoms with Gasteiger partial charge in [-0.3, -0.25) is 4.79 Å². The van der Waals surface area contributed by atoms with Crippen LogP contribution in [0.2, 0.25) is 0 Å². The molecule has 1 unspecified atom stereocenters. The van der Waals surface area contributed by atoms with Crippen LogP contribution in [0.4, 0.5) is 11.4 Å². The molecule has 0 aliphatic carbocycles. The molecule has 1 aromatic carbocycles. The van der Waals surface area contributed by atoms with Crippen molar-refractivity contribution in [2.24, 2.45) is 0 Å². The average Bonchev–Trinajstić information content (AvgIpc) is 2.69. The maximum Gasteiger partial charge on any atom is 0.274 e. The smallest absolute Gasteiger partial charge is 0.274 e. The van der Waals surface area contributed by atoms with E-state index in [9.17, 15) is 9.90 Å². The predicted molar refractivity (Wildman–Crippen MR) is 101 cm³/mol. The maximum absolute atomic E-state index is 13.0. The van der Waals surface area contributed by atoms with Gasteiger partial charge in [0.1, 0.15) is 6.23 Å². The molecule has 3 aliphatic rings. The first-order valence-electron chi connectivity index (χ1n) is 9.63. The molecule has 2 saturated heterocycles. The van der Waals surface area contributed by atoms with E-state index in [0.29, 0.717) is 19.8 Å². The number of hydrogen-bond acceptors (Lipinski definition) is 5. The minimum absolute atomic E-state index is 0.0731. The fourth-order valence-electron chi connectivity index (χ4n) is 4.01. The van der Waals surface area contributed by atoms with Crippen molar-refractivity contribution in [1.82, 2.24) is 4.90 Å². The van der Waals surface area contributed by atoms with Gasteiger partial charge in [-0.2, -0.15) is 0 Å². The van der Waals surface area contributed by atoms with Crippen LogP contribution in [0.1, 0.15) is 25.7 Å². The molecule has 4 rings (SSSR count). The number of piperidine rings is 1. The highest BCUT2D eigenvalue weighted by Gasteiger charge is 2.28. The van der Waals surface area contributed by atoms with Crippen LogP contribution in [0.5, 0.6) is 0 Å². The zero-order valence-electron chi connectivity index (χ0n) is 15.1. The van der Waals surface area contributed by atoms with E-state index in [1.54, 1.807) is 0 Å². The molecule has 6 heteroatoms. The number of hydrogen-bond donors (Lipinski definition) is 1. The number of carbonyl (C=O) groups excluding carboxylic acids is 1. The lowest BCUT2D eigenvalue weighted by Gasteiger charge is -2.36. The van der Waals surface area contributed by atoms with Crippen molar-refractivity contribution < 1.29 is 14.6 Å². The van der Waals surface area contributed by atoms with Crippen LogP contribution < -0.4 is 9.80 Å². The van der Waals surface area contributed by atoms with Gasteiger partial charge >= 0.3 is 0 Å². The van der Waals surface area contributed by atoms with Gasteiger partial charge in [0, 0.05) is 37.6 Å². The molecule has 1 amide bonds. The molecule has 26 heavy (non-hydrogen) atoms. The van der Waals surface area contributed by atoms with Gasteiger partial charge in [-0.05, 0) is 49.9 Å². The quantitative estimate of drug-likeness (QED) is 0.896. The lowest BCUT2D eigenvalue weighted by molar-refractivity contribution is -0.117. The molecule has 3 heterocycles. The molecule has 1 aromatic rings. The highest BCUT2D eigenvalue weighted by Crippen LogP contribution is 2.28. The Labute approximate surface area is 154 Å². The summed E-state index contributed by atoms with van der Waals surface area (Å²) in [5, 5.41) is 10.2. The number of nitrogens with zero attached hydrogens (tertiary/aromatic N) is 3. The summed E-state index contributed by atoms with van der Waals surface area (Å²) in [6.45, 7) is 4.49. The third kappa shape index (κ3) is 3.44. The predicted octanol–water partition coefficient (Wildman–Crippen LogP) is 1.95. The summed E-state index contributed by atoms with van der Waals surface area (Å²) in [6, 6.07) is 8.03. The van der Waals surface area contributed by atoms with Crippen LogP contribution >= 0.6 is 0 Å². The Kier molecular flexibility index (Phi) is 5.13. The number of amides is 1. The van der Waals surface area contributed by atoms with Crippen molar-refractivity contribution in [2.45, 2.75) is 31.9 Å². The van der Waals surface area contributed by atoms with E-state index in [1.165, 1.54) is 0 Å². The third-order valence-electron chi connectivity index (χ3n) is 5.47. The van der Waals surface area contributed by atoms with Crippen molar-refractivity contribution >= 4 is 17.3 Å². The minimum atomic E-state index is -0.401. The second kappa shape index (κ2) is 7.68. The van der Waals surface area contributed by atoms with E-state index in [2.05, 4.69) is 11.0 Å². The lowest BCUT2D eigenvalue weighted by atomic mass is 10.1. The molecule has 0 spiro atoms. The molecular formula is C20H27N3O3. The highest BCUT2D eigenvalue weighted by molar-refractivity contribution is 6.06. The molecule has 3 aliphatic heterocycles. The van der Waals surface area contributed by atoms with E-state index in [1.807, 2.05) is 34.1 Å². The Balaban J connectivity index is 1.48. The monoisotopic (exact) mass is 357 g/mol. The van der Waals surface area contributed by atoms with Gasteiger partial charge in [-0.1, -0.05) is 6.08 Å². The number of ether oxygens (including phenoxy) is 1. The van der Waals surface area contributed by atoms with Crippen molar-refractivity contribution in [2.75, 3.05) is 49.2 Å². The normalized spacial score (nSPS) is 24.7. The van der Waals surface area contributed by atoms with Crippen molar-refractivity contribution in [3.05, 3.63) is 36.0 Å². The van der Waals surface area contributed by atoms with Gasteiger partial charge in [-0.25, -0.2) is 0 Å². The Morgan fingerprint density at radius 3 is 2.42 bits per heavy atom. The van der Waals surface area contributed by atoms with E-state index in [4.69, 9.17) is 4.74 Å². The highest BCUT2D eigenvalue weighted by atomic mass is 16.5. The van der Waals surface area contributed by atoms with Gasteiger partial charge in [-0.15, -0.1) is 0 Å². The second-order valence-corrected chi connectivity index (χ2v) is 7.12. The Morgan fingerprint density at radius 2 is 1.69 bits per heavy atom. The third-order valence-corrected chi connectivity index (χ3v) is 5.47. The lowest BCUT2D eigenvalue weighted by Crippen LogP contribution is -2.45. The first-order valence-corrected chi connectivity index (χ1v) is 9.63. The summed E-state index contributed by atoms with van der Waals surface area (Å²) in [5.41, 5.74) is 2.74. The SMILES string of the molecule is O=C1C(N2CCOCC2)=CCCN1c1ccc(N2CCCCC2O)cc1. The molecule has 1 atom stereocenters. The first kappa shape index (κ1) is 17.4. The number of aliphatic hydroxyl groups excluding tert-OH is 1. The summed E-state index contributed by atoms with van der Waals surface area (Å²) in [4.78, 5) is 19.0. The standard InChI is InChI=1S/C20H27N3O3/c24-19-5-1-2-10-22(19)16-6-8-17(9-7-16)23-11-3-4-18(20(23)25)21-12-14-26-15-13-21/h4,6-9,19,24H,1-3,5,10-15H2. The molecule has 0 radical (unpaired) electrons. The number of aliphatic hydroxyl groups is 1. The van der Waals surface area contributed by atoms with Crippen LogP contribution in [0.3, 0.4) is 0 Å². The van der Waals surface area contributed by atoms with E-state index < -0.39 is 6.23 Å². The Bertz CT molecular complexity index is 667. The number of carbonyl (C=O) groups is 1. The summed E-state index contributed by atoms with van der Waals surface area (Å²) < 4.78 is 5.40. The van der Waals surface area contributed by atoms with Crippen LogP contribution in [0.25, 0.3) is 0 Å². The zero-order chi connectivity index (χ0) is 17.9. The molecular weight excluding hydrogens is 330 g/mol. The largest absolute Gasteiger partial charge is 0.378 e. The van der Waals surface area contributed by atoms with Crippen LogP contribution in [-0.4, -0.2) is 61.5 Å². The molecule has 6 nitrogen and oxygen atoms in total. The van der Waals surface area contributed by atoms with E-state index in [0.717, 1.165) is 62.4 Å². The second-order valence-electron chi connectivity index (χ2n) is 7.12. The number of rotatable bonds is 3. The van der Waals surface area contributed by atoms with Crippen molar-refractivity contribution in [3.8, 4) is 0 Å².